The number of rotatable bonds is 1. The molecule has 3 nitrogen and oxygen atoms in total. The molecule has 0 saturated carbocycles. The third kappa shape index (κ3) is 2.11. The zero-order valence-corrected chi connectivity index (χ0v) is 10.3. The summed E-state index contributed by atoms with van der Waals surface area (Å²) in [6, 6.07) is 2.11. The molecule has 0 unspecified atom stereocenters. The van der Waals surface area contributed by atoms with Gasteiger partial charge in [0, 0.05) is 30.6 Å². The van der Waals surface area contributed by atoms with Crippen LogP contribution in [0.5, 0.6) is 0 Å². The molecule has 2 N–H and O–H groups in total. The van der Waals surface area contributed by atoms with Gasteiger partial charge >= 0.3 is 0 Å². The largest absolute Gasteiger partial charge is 0.392 e. The van der Waals surface area contributed by atoms with Gasteiger partial charge in [0.1, 0.15) is 0 Å². The maximum atomic E-state index is 9.42. The minimum Gasteiger partial charge on any atom is -0.392 e. The fraction of sp³-hybridized carbons (Fsp3) is 0.615. The van der Waals surface area contributed by atoms with Crippen molar-refractivity contribution >= 4 is 0 Å². The highest BCUT2D eigenvalue weighted by atomic mass is 16.3. The van der Waals surface area contributed by atoms with E-state index in [4.69, 9.17) is 4.98 Å². The second-order valence-corrected chi connectivity index (χ2v) is 5.44. The van der Waals surface area contributed by atoms with Crippen molar-refractivity contribution in [2.45, 2.75) is 45.8 Å². The maximum absolute atomic E-state index is 9.42. The van der Waals surface area contributed by atoms with Crippen LogP contribution in [0.15, 0.2) is 6.07 Å². The van der Waals surface area contributed by atoms with Crippen LogP contribution in [0.4, 0.5) is 0 Å². The standard InChI is InChI=1S/C13H20N2O/c1-13(2,3)12-10(8-16)6-9-7-14-5-4-11(9)15-12/h6,14,16H,4-5,7-8H2,1-3H3. The number of hydrogen-bond donors (Lipinski definition) is 2. The molecular weight excluding hydrogens is 200 g/mol. The number of fused-ring (bicyclic) bond motifs is 1. The van der Waals surface area contributed by atoms with Crippen molar-refractivity contribution in [3.63, 3.8) is 0 Å². The van der Waals surface area contributed by atoms with Crippen LogP contribution < -0.4 is 5.32 Å². The van der Waals surface area contributed by atoms with E-state index in [2.05, 4.69) is 32.2 Å². The van der Waals surface area contributed by atoms with Gasteiger partial charge in [-0.25, -0.2) is 0 Å². The number of aliphatic hydroxyl groups is 1. The average Bonchev–Trinajstić information content (AvgIpc) is 2.26. The third-order valence-corrected chi connectivity index (χ3v) is 3.00. The SMILES string of the molecule is CC(C)(C)c1nc2c(cc1CO)CNCC2. The summed E-state index contributed by atoms with van der Waals surface area (Å²) in [6.07, 6.45) is 0.990. The van der Waals surface area contributed by atoms with E-state index in [-0.39, 0.29) is 12.0 Å². The Morgan fingerprint density at radius 2 is 2.19 bits per heavy atom. The Morgan fingerprint density at radius 1 is 1.44 bits per heavy atom. The minimum absolute atomic E-state index is 0.00201. The summed E-state index contributed by atoms with van der Waals surface area (Å²) in [5.41, 5.74) is 4.44. The molecule has 16 heavy (non-hydrogen) atoms. The number of aliphatic hydroxyl groups excluding tert-OH is 1. The van der Waals surface area contributed by atoms with E-state index in [0.717, 1.165) is 30.8 Å². The Hall–Kier alpha value is -0.930. The monoisotopic (exact) mass is 220 g/mol. The molecule has 0 aliphatic carbocycles. The highest BCUT2D eigenvalue weighted by molar-refractivity contribution is 5.35. The first-order chi connectivity index (χ1) is 7.52. The van der Waals surface area contributed by atoms with Gasteiger partial charge in [0.2, 0.25) is 0 Å². The normalized spacial score (nSPS) is 16.0. The predicted octanol–water partition coefficient (Wildman–Crippen LogP) is 1.52. The lowest BCUT2D eigenvalue weighted by Crippen LogP contribution is -2.27. The Kier molecular flexibility index (Phi) is 3.00. The molecule has 2 heterocycles. The Balaban J connectivity index is 2.52. The second-order valence-electron chi connectivity index (χ2n) is 5.44. The van der Waals surface area contributed by atoms with Crippen molar-refractivity contribution in [3.8, 4) is 0 Å². The lowest BCUT2D eigenvalue weighted by molar-refractivity contribution is 0.277. The second kappa shape index (κ2) is 4.15. The zero-order valence-electron chi connectivity index (χ0n) is 10.3. The van der Waals surface area contributed by atoms with Crippen molar-refractivity contribution in [2.24, 2.45) is 0 Å². The van der Waals surface area contributed by atoms with Gasteiger partial charge in [0.15, 0.2) is 0 Å². The van der Waals surface area contributed by atoms with E-state index in [1.54, 1.807) is 0 Å². The summed E-state index contributed by atoms with van der Waals surface area (Å²) < 4.78 is 0. The first kappa shape index (κ1) is 11.6. The molecule has 0 spiro atoms. The van der Waals surface area contributed by atoms with Crippen molar-refractivity contribution in [1.82, 2.24) is 10.3 Å². The van der Waals surface area contributed by atoms with E-state index >= 15 is 0 Å². The van der Waals surface area contributed by atoms with Crippen LogP contribution >= 0.6 is 0 Å². The first-order valence-electron chi connectivity index (χ1n) is 5.86. The molecule has 0 aromatic carbocycles. The summed E-state index contributed by atoms with van der Waals surface area (Å²) in [7, 11) is 0. The first-order valence-corrected chi connectivity index (χ1v) is 5.86. The molecule has 1 aromatic heterocycles. The van der Waals surface area contributed by atoms with Gasteiger partial charge in [-0.3, -0.25) is 4.98 Å². The van der Waals surface area contributed by atoms with Crippen LogP contribution in [0.3, 0.4) is 0 Å². The van der Waals surface area contributed by atoms with Gasteiger partial charge in [0.25, 0.3) is 0 Å². The molecule has 1 aliphatic heterocycles. The lowest BCUT2D eigenvalue weighted by atomic mass is 9.87. The Morgan fingerprint density at radius 3 is 2.81 bits per heavy atom. The van der Waals surface area contributed by atoms with Gasteiger partial charge in [-0.1, -0.05) is 20.8 Å². The summed E-state index contributed by atoms with van der Waals surface area (Å²) in [6.45, 7) is 8.38. The van der Waals surface area contributed by atoms with Gasteiger partial charge < -0.3 is 10.4 Å². The van der Waals surface area contributed by atoms with Crippen molar-refractivity contribution in [3.05, 3.63) is 28.6 Å². The third-order valence-electron chi connectivity index (χ3n) is 3.00. The molecule has 0 radical (unpaired) electrons. The fourth-order valence-electron chi connectivity index (χ4n) is 2.21. The Bertz CT molecular complexity index is 394. The summed E-state index contributed by atoms with van der Waals surface area (Å²) in [5.74, 6) is 0. The number of nitrogens with one attached hydrogen (secondary N) is 1. The van der Waals surface area contributed by atoms with E-state index in [9.17, 15) is 5.11 Å². The Labute approximate surface area is 96.9 Å². The number of nitrogens with zero attached hydrogens (tertiary/aromatic N) is 1. The zero-order chi connectivity index (χ0) is 11.8. The fourth-order valence-corrected chi connectivity index (χ4v) is 2.21. The van der Waals surface area contributed by atoms with Gasteiger partial charge in [0.05, 0.1) is 12.3 Å². The van der Waals surface area contributed by atoms with Crippen molar-refractivity contribution in [1.29, 1.82) is 0 Å². The highest BCUT2D eigenvalue weighted by Gasteiger charge is 2.22. The van der Waals surface area contributed by atoms with Crippen LogP contribution in [0, 0.1) is 0 Å². The summed E-state index contributed by atoms with van der Waals surface area (Å²) in [5, 5.41) is 12.8. The van der Waals surface area contributed by atoms with Gasteiger partial charge in [-0.2, -0.15) is 0 Å². The molecule has 3 heteroatoms. The van der Waals surface area contributed by atoms with Gasteiger partial charge in [-0.05, 0) is 17.2 Å². The minimum atomic E-state index is -0.00201. The molecule has 1 aromatic rings. The van der Waals surface area contributed by atoms with Crippen LogP contribution in [-0.4, -0.2) is 16.6 Å². The molecule has 0 fully saturated rings. The van der Waals surface area contributed by atoms with E-state index < -0.39 is 0 Å². The molecule has 0 saturated heterocycles. The lowest BCUT2D eigenvalue weighted by Gasteiger charge is -2.25. The number of hydrogen-bond acceptors (Lipinski definition) is 3. The van der Waals surface area contributed by atoms with Crippen LogP contribution in [0.2, 0.25) is 0 Å². The predicted molar refractivity (Wildman–Crippen MR) is 64.3 cm³/mol. The maximum Gasteiger partial charge on any atom is 0.0699 e. The molecule has 2 rings (SSSR count). The summed E-state index contributed by atoms with van der Waals surface area (Å²) >= 11 is 0. The van der Waals surface area contributed by atoms with Crippen molar-refractivity contribution < 1.29 is 5.11 Å². The van der Waals surface area contributed by atoms with E-state index in [0.29, 0.717) is 0 Å². The summed E-state index contributed by atoms with van der Waals surface area (Å²) in [4.78, 5) is 4.76. The van der Waals surface area contributed by atoms with E-state index in [1.165, 1.54) is 11.3 Å². The highest BCUT2D eigenvalue weighted by Crippen LogP contribution is 2.27. The topological polar surface area (TPSA) is 45.2 Å². The average molecular weight is 220 g/mol. The molecule has 0 atom stereocenters. The quantitative estimate of drug-likeness (QED) is 0.754. The van der Waals surface area contributed by atoms with E-state index in [1.807, 2.05) is 0 Å². The molecule has 0 amide bonds. The van der Waals surface area contributed by atoms with Crippen LogP contribution in [0.25, 0.3) is 0 Å². The number of pyridine rings is 1. The molecule has 1 aliphatic rings. The molecule has 88 valence electrons. The van der Waals surface area contributed by atoms with Crippen molar-refractivity contribution in [2.75, 3.05) is 6.54 Å². The number of aromatic nitrogens is 1. The van der Waals surface area contributed by atoms with Crippen LogP contribution in [-0.2, 0) is 25.0 Å². The molecular formula is C13H20N2O. The smallest absolute Gasteiger partial charge is 0.0699 e. The molecule has 0 bridgehead atoms. The van der Waals surface area contributed by atoms with Crippen LogP contribution in [0.1, 0.15) is 43.3 Å². The van der Waals surface area contributed by atoms with Gasteiger partial charge in [-0.15, -0.1) is 0 Å².